The zero-order valence-electron chi connectivity index (χ0n) is 20.5. The first-order valence-corrected chi connectivity index (χ1v) is 12.9. The SMILES string of the molecule is CC1(C)C[C@@H]1C(=O)N1CC2(CN(C(=O)c3cncs3)CC2c2nnc(C(F)(F)c3ccc(F)c(F)c3)o2)C1. The third-order valence-electron chi connectivity index (χ3n) is 8.00. The Bertz CT molecular complexity index is 1420. The van der Waals surface area contributed by atoms with Crippen LogP contribution in [0.25, 0.3) is 0 Å². The second-order valence-electron chi connectivity index (χ2n) is 11.1. The summed E-state index contributed by atoms with van der Waals surface area (Å²) in [7, 11) is 0. The van der Waals surface area contributed by atoms with Gasteiger partial charge in [0.25, 0.3) is 11.8 Å². The molecule has 2 atom stereocenters. The van der Waals surface area contributed by atoms with Crippen LogP contribution in [0, 0.1) is 28.4 Å². The number of hydrogen-bond donors (Lipinski definition) is 0. The number of nitrogens with zero attached hydrogens (tertiary/aromatic N) is 5. The van der Waals surface area contributed by atoms with Crippen molar-refractivity contribution in [2.45, 2.75) is 32.1 Å². The molecule has 6 rings (SSSR count). The summed E-state index contributed by atoms with van der Waals surface area (Å²) in [6.45, 7) is 5.13. The lowest BCUT2D eigenvalue weighted by Gasteiger charge is -2.50. The molecular formula is C25H23F4N5O3S. The van der Waals surface area contributed by atoms with E-state index < -0.39 is 40.3 Å². The lowest BCUT2D eigenvalue weighted by Crippen LogP contribution is -2.62. The Hall–Kier alpha value is -3.35. The Kier molecular flexibility index (Phi) is 5.47. The number of halogens is 4. The summed E-state index contributed by atoms with van der Waals surface area (Å²) in [6.07, 6.45) is 2.27. The molecule has 8 nitrogen and oxygen atoms in total. The molecule has 0 radical (unpaired) electrons. The summed E-state index contributed by atoms with van der Waals surface area (Å²) < 4.78 is 62.6. The van der Waals surface area contributed by atoms with Crippen LogP contribution in [0.5, 0.6) is 0 Å². The van der Waals surface area contributed by atoms with Gasteiger partial charge in [0.05, 0.1) is 17.6 Å². The number of amides is 2. The molecule has 38 heavy (non-hydrogen) atoms. The summed E-state index contributed by atoms with van der Waals surface area (Å²) in [5.41, 5.74) is 0.0242. The Morgan fingerprint density at radius 1 is 1.11 bits per heavy atom. The van der Waals surface area contributed by atoms with Gasteiger partial charge in [0.2, 0.25) is 11.8 Å². The molecule has 1 saturated carbocycles. The first-order valence-electron chi connectivity index (χ1n) is 12.1. The average Bonchev–Trinajstić information content (AvgIpc) is 3.38. The van der Waals surface area contributed by atoms with Crippen molar-refractivity contribution in [1.29, 1.82) is 0 Å². The molecule has 2 amide bonds. The Labute approximate surface area is 218 Å². The van der Waals surface area contributed by atoms with Crippen LogP contribution in [0.2, 0.25) is 0 Å². The largest absolute Gasteiger partial charge is 0.419 e. The van der Waals surface area contributed by atoms with Gasteiger partial charge in [-0.15, -0.1) is 21.5 Å². The highest BCUT2D eigenvalue weighted by atomic mass is 32.1. The van der Waals surface area contributed by atoms with E-state index in [9.17, 15) is 18.4 Å². The van der Waals surface area contributed by atoms with Crippen molar-refractivity contribution in [1.82, 2.24) is 25.0 Å². The van der Waals surface area contributed by atoms with Crippen LogP contribution < -0.4 is 0 Å². The third kappa shape index (κ3) is 3.89. The third-order valence-corrected chi connectivity index (χ3v) is 8.76. The molecular weight excluding hydrogens is 526 g/mol. The second-order valence-corrected chi connectivity index (χ2v) is 11.9. The molecule has 200 valence electrons. The van der Waals surface area contributed by atoms with Crippen molar-refractivity contribution in [2.75, 3.05) is 26.2 Å². The number of likely N-dealkylation sites (tertiary alicyclic amines) is 2. The molecule has 1 spiro atoms. The first kappa shape index (κ1) is 25.0. The molecule has 3 aliphatic rings. The van der Waals surface area contributed by atoms with Crippen LogP contribution in [0.4, 0.5) is 17.6 Å². The molecule has 2 saturated heterocycles. The van der Waals surface area contributed by atoms with E-state index in [2.05, 4.69) is 15.2 Å². The maximum atomic E-state index is 15.1. The van der Waals surface area contributed by atoms with Gasteiger partial charge in [0.15, 0.2) is 11.6 Å². The second kappa shape index (κ2) is 8.32. The van der Waals surface area contributed by atoms with Crippen LogP contribution in [-0.2, 0) is 10.7 Å². The minimum atomic E-state index is -3.87. The van der Waals surface area contributed by atoms with Crippen molar-refractivity contribution >= 4 is 23.2 Å². The van der Waals surface area contributed by atoms with Crippen molar-refractivity contribution in [3.8, 4) is 0 Å². The fraction of sp³-hybridized carbons (Fsp3) is 0.480. The molecule has 0 N–H and O–H groups in total. The quantitative estimate of drug-likeness (QED) is 0.446. The zero-order chi connectivity index (χ0) is 27.0. The Morgan fingerprint density at radius 3 is 2.45 bits per heavy atom. The van der Waals surface area contributed by atoms with Gasteiger partial charge in [0, 0.05) is 43.1 Å². The Balaban J connectivity index is 1.28. The first-order chi connectivity index (χ1) is 17.9. The fourth-order valence-electron chi connectivity index (χ4n) is 5.56. The molecule has 3 fully saturated rings. The van der Waals surface area contributed by atoms with Gasteiger partial charge in [-0.3, -0.25) is 14.6 Å². The summed E-state index contributed by atoms with van der Waals surface area (Å²) in [5, 5.41) is 7.43. The fourth-order valence-corrected chi connectivity index (χ4v) is 6.14. The van der Waals surface area contributed by atoms with Gasteiger partial charge < -0.3 is 14.2 Å². The van der Waals surface area contributed by atoms with Crippen molar-refractivity contribution < 1.29 is 31.6 Å². The molecule has 2 aromatic heterocycles. The molecule has 3 aromatic rings. The number of rotatable bonds is 5. The van der Waals surface area contributed by atoms with Crippen LogP contribution in [-0.4, -0.2) is 63.0 Å². The summed E-state index contributed by atoms with van der Waals surface area (Å²) in [6, 6.07) is 1.75. The number of aromatic nitrogens is 3. The van der Waals surface area contributed by atoms with Crippen molar-refractivity contribution in [3.63, 3.8) is 0 Å². The van der Waals surface area contributed by atoms with Gasteiger partial charge in [-0.2, -0.15) is 8.78 Å². The van der Waals surface area contributed by atoms with E-state index in [1.165, 1.54) is 17.5 Å². The molecule has 1 aliphatic carbocycles. The highest BCUT2D eigenvalue weighted by molar-refractivity contribution is 7.11. The minimum Gasteiger partial charge on any atom is -0.419 e. The standard InChI is InChI=1S/C25H23F4N5O3S/c1-23(2)6-14(23)20(35)34-10-24(11-34)9-33(21(36)18-7-30-12-38-18)8-15(24)19-31-32-22(37-19)25(28,29)13-3-4-16(26)17(27)5-13/h3-5,7,12,14-15H,6,8-11H2,1-2H3/t14-,15?/m1/s1. The van der Waals surface area contributed by atoms with Crippen LogP contribution in [0.15, 0.2) is 34.3 Å². The molecule has 1 aromatic carbocycles. The van der Waals surface area contributed by atoms with E-state index in [0.29, 0.717) is 30.1 Å². The average molecular weight is 550 g/mol. The molecule has 0 bridgehead atoms. The van der Waals surface area contributed by atoms with Crippen molar-refractivity contribution in [2.24, 2.45) is 16.7 Å². The summed E-state index contributed by atoms with van der Waals surface area (Å²) in [5.74, 6) is -8.58. The number of hydrogen-bond acceptors (Lipinski definition) is 7. The molecule has 1 unspecified atom stereocenters. The van der Waals surface area contributed by atoms with Gasteiger partial charge in [-0.25, -0.2) is 8.78 Å². The Morgan fingerprint density at radius 2 is 1.82 bits per heavy atom. The summed E-state index contributed by atoms with van der Waals surface area (Å²) in [4.78, 5) is 33.8. The van der Waals surface area contributed by atoms with Gasteiger partial charge in [0.1, 0.15) is 4.88 Å². The zero-order valence-corrected chi connectivity index (χ0v) is 21.3. The number of alkyl halides is 2. The number of benzene rings is 1. The molecule has 13 heteroatoms. The van der Waals surface area contributed by atoms with E-state index >= 15 is 8.78 Å². The van der Waals surface area contributed by atoms with Gasteiger partial charge in [-0.1, -0.05) is 13.8 Å². The van der Waals surface area contributed by atoms with E-state index in [1.54, 1.807) is 15.3 Å². The number of thiazole rings is 1. The topological polar surface area (TPSA) is 92.4 Å². The maximum absolute atomic E-state index is 15.1. The monoisotopic (exact) mass is 549 g/mol. The van der Waals surface area contributed by atoms with Crippen LogP contribution >= 0.6 is 11.3 Å². The smallest absolute Gasteiger partial charge is 0.349 e. The molecule has 4 heterocycles. The predicted octanol–water partition coefficient (Wildman–Crippen LogP) is 4.06. The lowest BCUT2D eigenvalue weighted by molar-refractivity contribution is -0.146. The van der Waals surface area contributed by atoms with Gasteiger partial charge in [-0.05, 0) is 30.0 Å². The molecule has 2 aliphatic heterocycles. The minimum absolute atomic E-state index is 0.0442. The highest BCUT2D eigenvalue weighted by Gasteiger charge is 2.62. The highest BCUT2D eigenvalue weighted by Crippen LogP contribution is 2.56. The normalized spacial score (nSPS) is 23.5. The van der Waals surface area contributed by atoms with Gasteiger partial charge >= 0.3 is 5.92 Å². The van der Waals surface area contributed by atoms with Crippen LogP contribution in [0.3, 0.4) is 0 Å². The maximum Gasteiger partial charge on any atom is 0.349 e. The van der Waals surface area contributed by atoms with E-state index in [0.717, 1.165) is 12.5 Å². The lowest BCUT2D eigenvalue weighted by atomic mass is 9.71. The van der Waals surface area contributed by atoms with E-state index in [4.69, 9.17) is 4.42 Å². The van der Waals surface area contributed by atoms with E-state index in [1.807, 2.05) is 13.8 Å². The number of carbonyl (C=O) groups excluding carboxylic acids is 2. The van der Waals surface area contributed by atoms with Crippen molar-refractivity contribution in [3.05, 3.63) is 63.8 Å². The number of carbonyl (C=O) groups is 2. The van der Waals surface area contributed by atoms with E-state index in [-0.39, 0.29) is 42.1 Å². The predicted molar refractivity (Wildman–Crippen MR) is 125 cm³/mol. The van der Waals surface area contributed by atoms with Crippen LogP contribution in [0.1, 0.15) is 53.2 Å². The summed E-state index contributed by atoms with van der Waals surface area (Å²) >= 11 is 1.19.